The lowest BCUT2D eigenvalue weighted by molar-refractivity contribution is -0.119. The van der Waals surface area contributed by atoms with Crippen LogP contribution < -0.4 is 14.5 Å². The molecule has 0 unspecified atom stereocenters. The molecule has 10 heteroatoms. The van der Waals surface area contributed by atoms with Gasteiger partial charge in [0.2, 0.25) is 10.0 Å². The standard InChI is InChI=1S/C21H20ClN3O5S/c1-30-20-10-8-15(22)11-18(20)25(31(2,28)29)13-21(27)24-23-12-17-16-6-4-3-5-14(16)7-9-19(17)26/h3-12,26H,13H2,1-2H3,(H,24,27)/b23-12-. The number of hydrazone groups is 1. The molecule has 0 aliphatic rings. The summed E-state index contributed by atoms with van der Waals surface area (Å²) in [4.78, 5) is 12.4. The Morgan fingerprint density at radius 3 is 2.68 bits per heavy atom. The van der Waals surface area contributed by atoms with Gasteiger partial charge in [-0.2, -0.15) is 5.10 Å². The van der Waals surface area contributed by atoms with E-state index in [9.17, 15) is 18.3 Å². The third-order valence-electron chi connectivity index (χ3n) is 4.43. The topological polar surface area (TPSA) is 108 Å². The van der Waals surface area contributed by atoms with E-state index in [1.807, 2.05) is 24.3 Å². The highest BCUT2D eigenvalue weighted by Gasteiger charge is 2.24. The average molecular weight is 462 g/mol. The highest BCUT2D eigenvalue weighted by atomic mass is 35.5. The van der Waals surface area contributed by atoms with Crippen LogP contribution in [0.4, 0.5) is 5.69 Å². The minimum absolute atomic E-state index is 0.00174. The molecular weight excluding hydrogens is 442 g/mol. The van der Waals surface area contributed by atoms with Gasteiger partial charge in [0.05, 0.1) is 25.3 Å². The number of aromatic hydroxyl groups is 1. The van der Waals surface area contributed by atoms with E-state index in [2.05, 4.69) is 10.5 Å². The minimum atomic E-state index is -3.83. The second-order valence-corrected chi connectivity index (χ2v) is 8.94. The summed E-state index contributed by atoms with van der Waals surface area (Å²) in [7, 11) is -2.45. The van der Waals surface area contributed by atoms with Gasteiger partial charge in [-0.1, -0.05) is 41.9 Å². The van der Waals surface area contributed by atoms with Crippen LogP contribution in [0.5, 0.6) is 11.5 Å². The van der Waals surface area contributed by atoms with Crippen LogP contribution in [0.2, 0.25) is 5.02 Å². The number of anilines is 1. The number of nitrogens with one attached hydrogen (secondary N) is 1. The number of hydrogen-bond acceptors (Lipinski definition) is 6. The SMILES string of the molecule is COc1ccc(Cl)cc1N(CC(=O)N/N=C\c1c(O)ccc2ccccc12)S(C)(=O)=O. The van der Waals surface area contributed by atoms with Crippen LogP contribution in [0.1, 0.15) is 5.56 Å². The number of benzene rings is 3. The fourth-order valence-corrected chi connectivity index (χ4v) is 4.01. The van der Waals surface area contributed by atoms with E-state index in [0.717, 1.165) is 21.3 Å². The molecule has 0 aromatic heterocycles. The number of methoxy groups -OCH3 is 1. The Morgan fingerprint density at radius 1 is 1.23 bits per heavy atom. The Labute approximate surface area is 184 Å². The van der Waals surface area contributed by atoms with Gasteiger partial charge in [0.15, 0.2) is 0 Å². The molecule has 0 aliphatic heterocycles. The lowest BCUT2D eigenvalue weighted by Crippen LogP contribution is -2.39. The van der Waals surface area contributed by atoms with Gasteiger partial charge in [-0.15, -0.1) is 0 Å². The van der Waals surface area contributed by atoms with Crippen LogP contribution in [0.3, 0.4) is 0 Å². The quantitative estimate of drug-likeness (QED) is 0.415. The first-order chi connectivity index (χ1) is 14.7. The summed E-state index contributed by atoms with van der Waals surface area (Å²) in [6.07, 6.45) is 2.28. The lowest BCUT2D eigenvalue weighted by Gasteiger charge is -2.23. The monoisotopic (exact) mass is 461 g/mol. The normalized spacial score (nSPS) is 11.6. The molecule has 0 bridgehead atoms. The van der Waals surface area contributed by atoms with Crippen molar-refractivity contribution in [2.75, 3.05) is 24.2 Å². The van der Waals surface area contributed by atoms with Crippen molar-refractivity contribution < 1.29 is 23.1 Å². The fourth-order valence-electron chi connectivity index (χ4n) is 2.99. The van der Waals surface area contributed by atoms with E-state index in [-0.39, 0.29) is 22.2 Å². The predicted molar refractivity (Wildman–Crippen MR) is 122 cm³/mol. The van der Waals surface area contributed by atoms with Gasteiger partial charge in [0, 0.05) is 10.6 Å². The zero-order valence-corrected chi connectivity index (χ0v) is 18.3. The first-order valence-electron chi connectivity index (χ1n) is 9.04. The molecule has 0 saturated heterocycles. The van der Waals surface area contributed by atoms with Gasteiger partial charge in [0.25, 0.3) is 5.91 Å². The van der Waals surface area contributed by atoms with Crippen molar-refractivity contribution in [1.82, 2.24) is 5.43 Å². The molecule has 0 spiro atoms. The number of ether oxygens (including phenoxy) is 1. The number of hydrogen-bond donors (Lipinski definition) is 2. The Hall–Kier alpha value is -3.30. The molecule has 0 fully saturated rings. The molecule has 3 aromatic rings. The first-order valence-corrected chi connectivity index (χ1v) is 11.3. The van der Waals surface area contributed by atoms with E-state index in [0.29, 0.717) is 5.56 Å². The zero-order chi connectivity index (χ0) is 22.6. The molecule has 0 atom stereocenters. The number of halogens is 1. The van der Waals surface area contributed by atoms with Crippen molar-refractivity contribution >= 4 is 50.2 Å². The van der Waals surface area contributed by atoms with E-state index in [4.69, 9.17) is 16.3 Å². The lowest BCUT2D eigenvalue weighted by atomic mass is 10.0. The van der Waals surface area contributed by atoms with Crippen LogP contribution in [0.15, 0.2) is 59.7 Å². The number of nitrogens with zero attached hydrogens (tertiary/aromatic N) is 2. The molecule has 31 heavy (non-hydrogen) atoms. The predicted octanol–water partition coefficient (Wildman–Crippen LogP) is 3.12. The van der Waals surface area contributed by atoms with Crippen LogP contribution in [-0.2, 0) is 14.8 Å². The molecule has 0 heterocycles. The second-order valence-electron chi connectivity index (χ2n) is 6.60. The Balaban J connectivity index is 1.82. The third-order valence-corrected chi connectivity index (χ3v) is 5.79. The van der Waals surface area contributed by atoms with Crippen LogP contribution >= 0.6 is 11.6 Å². The molecule has 3 aromatic carbocycles. The Kier molecular flexibility index (Phi) is 6.67. The van der Waals surface area contributed by atoms with Crippen molar-refractivity contribution in [3.05, 3.63) is 65.2 Å². The highest BCUT2D eigenvalue weighted by molar-refractivity contribution is 7.92. The summed E-state index contributed by atoms with van der Waals surface area (Å²) in [5.74, 6) is -0.451. The first kappa shape index (κ1) is 22.4. The van der Waals surface area contributed by atoms with Gasteiger partial charge in [-0.05, 0) is 35.0 Å². The van der Waals surface area contributed by atoms with E-state index in [1.165, 1.54) is 31.5 Å². The number of rotatable bonds is 7. The fraction of sp³-hybridized carbons (Fsp3) is 0.143. The van der Waals surface area contributed by atoms with E-state index >= 15 is 0 Å². The summed E-state index contributed by atoms with van der Waals surface area (Å²) >= 11 is 5.99. The van der Waals surface area contributed by atoms with Gasteiger partial charge in [0.1, 0.15) is 18.0 Å². The summed E-state index contributed by atoms with van der Waals surface area (Å²) in [5, 5.41) is 15.9. The molecule has 8 nitrogen and oxygen atoms in total. The van der Waals surface area contributed by atoms with E-state index < -0.39 is 22.5 Å². The van der Waals surface area contributed by atoms with Crippen molar-refractivity contribution in [1.29, 1.82) is 0 Å². The molecule has 2 N–H and O–H groups in total. The largest absolute Gasteiger partial charge is 0.507 e. The average Bonchev–Trinajstić information content (AvgIpc) is 2.72. The van der Waals surface area contributed by atoms with E-state index in [1.54, 1.807) is 12.1 Å². The van der Waals surface area contributed by atoms with Gasteiger partial charge in [-0.3, -0.25) is 9.10 Å². The smallest absolute Gasteiger partial charge is 0.260 e. The van der Waals surface area contributed by atoms with Crippen molar-refractivity contribution in [3.8, 4) is 11.5 Å². The zero-order valence-electron chi connectivity index (χ0n) is 16.7. The maximum absolute atomic E-state index is 12.4. The number of phenolic OH excluding ortho intramolecular Hbond substituents is 1. The number of fused-ring (bicyclic) bond motifs is 1. The number of carbonyl (C=O) groups is 1. The van der Waals surface area contributed by atoms with Gasteiger partial charge in [-0.25, -0.2) is 13.8 Å². The maximum Gasteiger partial charge on any atom is 0.260 e. The molecule has 0 aliphatic carbocycles. The molecule has 0 saturated carbocycles. The highest BCUT2D eigenvalue weighted by Crippen LogP contribution is 2.32. The Bertz CT molecular complexity index is 1260. The molecular formula is C21H20ClN3O5S. The van der Waals surface area contributed by atoms with Gasteiger partial charge >= 0.3 is 0 Å². The summed E-state index contributed by atoms with van der Waals surface area (Å²) in [6.45, 7) is -0.547. The number of amides is 1. The number of phenols is 1. The maximum atomic E-state index is 12.4. The number of sulfonamides is 1. The van der Waals surface area contributed by atoms with Crippen molar-refractivity contribution in [2.24, 2.45) is 5.10 Å². The Morgan fingerprint density at radius 2 is 1.97 bits per heavy atom. The summed E-state index contributed by atoms with van der Waals surface area (Å²) in [6, 6.07) is 15.1. The molecule has 162 valence electrons. The minimum Gasteiger partial charge on any atom is -0.507 e. The number of carbonyl (C=O) groups excluding carboxylic acids is 1. The summed E-state index contributed by atoms with van der Waals surface area (Å²) in [5.41, 5.74) is 2.84. The van der Waals surface area contributed by atoms with Crippen LogP contribution in [-0.4, -0.2) is 45.6 Å². The third kappa shape index (κ3) is 5.25. The van der Waals surface area contributed by atoms with Crippen LogP contribution in [0.25, 0.3) is 10.8 Å². The van der Waals surface area contributed by atoms with Crippen LogP contribution in [0, 0.1) is 0 Å². The van der Waals surface area contributed by atoms with Gasteiger partial charge < -0.3 is 9.84 Å². The summed E-state index contributed by atoms with van der Waals surface area (Å²) < 4.78 is 30.7. The molecule has 3 rings (SSSR count). The molecule has 1 amide bonds. The van der Waals surface area contributed by atoms with Crippen molar-refractivity contribution in [2.45, 2.75) is 0 Å². The molecule has 0 radical (unpaired) electrons. The van der Waals surface area contributed by atoms with Crippen molar-refractivity contribution in [3.63, 3.8) is 0 Å². The second kappa shape index (κ2) is 9.23.